The second kappa shape index (κ2) is 6.22. The highest BCUT2D eigenvalue weighted by atomic mass is 35.5. The number of halogens is 2. The van der Waals surface area contributed by atoms with E-state index in [2.05, 4.69) is 0 Å². The molecule has 0 aliphatic heterocycles. The van der Waals surface area contributed by atoms with Crippen molar-refractivity contribution in [2.75, 3.05) is 0 Å². The smallest absolute Gasteiger partial charge is 0.305 e. The van der Waals surface area contributed by atoms with Crippen molar-refractivity contribution < 1.29 is 4.39 Å². The highest BCUT2D eigenvalue weighted by Crippen LogP contribution is 2.15. The van der Waals surface area contributed by atoms with Crippen LogP contribution in [0.4, 0.5) is 4.39 Å². The molecule has 0 amide bonds. The lowest BCUT2D eigenvalue weighted by Crippen LogP contribution is -2.40. The van der Waals surface area contributed by atoms with E-state index in [0.717, 1.165) is 5.56 Å². The average Bonchev–Trinajstić information content (AvgIpc) is 2.55. The van der Waals surface area contributed by atoms with Gasteiger partial charge in [0.25, 0.3) is 0 Å². The van der Waals surface area contributed by atoms with Crippen LogP contribution in [0.1, 0.15) is 5.56 Å². The molecule has 0 saturated carbocycles. The molecule has 23 heavy (non-hydrogen) atoms. The van der Waals surface area contributed by atoms with Crippen molar-refractivity contribution in [1.82, 2.24) is 9.13 Å². The first-order valence-electron chi connectivity index (χ1n) is 6.88. The lowest BCUT2D eigenvalue weighted by Gasteiger charge is -2.10. The highest BCUT2D eigenvalue weighted by Gasteiger charge is 2.08. The average molecular weight is 331 g/mol. The van der Waals surface area contributed by atoms with Crippen LogP contribution >= 0.6 is 11.6 Å². The molecule has 2 aromatic carbocycles. The van der Waals surface area contributed by atoms with Gasteiger partial charge >= 0.3 is 11.1 Å². The minimum Gasteiger partial charge on any atom is -0.305 e. The van der Waals surface area contributed by atoms with Gasteiger partial charge in [0, 0.05) is 23.1 Å². The lowest BCUT2D eigenvalue weighted by molar-refractivity contribution is 0.627. The van der Waals surface area contributed by atoms with E-state index in [1.165, 1.54) is 45.8 Å². The van der Waals surface area contributed by atoms with Crippen molar-refractivity contribution in [2.45, 2.75) is 6.54 Å². The molecular weight excluding hydrogens is 319 g/mol. The zero-order valence-corrected chi connectivity index (χ0v) is 12.7. The van der Waals surface area contributed by atoms with E-state index in [4.69, 9.17) is 11.6 Å². The van der Waals surface area contributed by atoms with Crippen LogP contribution in [-0.4, -0.2) is 9.13 Å². The maximum atomic E-state index is 13.0. The summed E-state index contributed by atoms with van der Waals surface area (Å²) in [6.45, 7) is 0.206. The Morgan fingerprint density at radius 2 is 1.61 bits per heavy atom. The summed E-state index contributed by atoms with van der Waals surface area (Å²) in [6.07, 6.45) is 2.99. The summed E-state index contributed by atoms with van der Waals surface area (Å²) < 4.78 is 15.4. The third-order valence-electron chi connectivity index (χ3n) is 3.46. The van der Waals surface area contributed by atoms with Gasteiger partial charge in [-0.1, -0.05) is 29.8 Å². The number of hydrogen-bond acceptors (Lipinski definition) is 2. The lowest BCUT2D eigenvalue weighted by atomic mass is 10.2. The summed E-state index contributed by atoms with van der Waals surface area (Å²) >= 11 is 6.07. The van der Waals surface area contributed by atoms with Crippen LogP contribution in [0.2, 0.25) is 5.02 Å². The van der Waals surface area contributed by atoms with Crippen molar-refractivity contribution in [3.8, 4) is 5.69 Å². The summed E-state index contributed by atoms with van der Waals surface area (Å²) in [5.74, 6) is -0.408. The van der Waals surface area contributed by atoms with Gasteiger partial charge in [-0.15, -0.1) is 0 Å². The van der Waals surface area contributed by atoms with Gasteiger partial charge < -0.3 is 4.57 Å². The molecule has 1 heterocycles. The van der Waals surface area contributed by atoms with Crippen molar-refractivity contribution >= 4 is 11.6 Å². The zero-order chi connectivity index (χ0) is 16.4. The fraction of sp³-hybridized carbons (Fsp3) is 0.0588. The molecule has 0 unspecified atom stereocenters. The minimum absolute atomic E-state index is 0.206. The Bertz CT molecular complexity index is 961. The van der Waals surface area contributed by atoms with Crippen molar-refractivity contribution in [3.63, 3.8) is 0 Å². The summed E-state index contributed by atoms with van der Waals surface area (Å²) in [5.41, 5.74) is -0.198. The topological polar surface area (TPSA) is 44.0 Å². The molecule has 0 aliphatic rings. The van der Waals surface area contributed by atoms with Crippen molar-refractivity contribution in [3.05, 3.63) is 98.0 Å². The van der Waals surface area contributed by atoms with Gasteiger partial charge in [-0.2, -0.15) is 0 Å². The summed E-state index contributed by atoms with van der Waals surface area (Å²) in [4.78, 5) is 24.5. The quantitative estimate of drug-likeness (QED) is 0.693. The SMILES string of the molecule is O=c1c(=O)n(-c2ccc(F)cc2)ccn1Cc1ccccc1Cl. The molecule has 116 valence electrons. The zero-order valence-electron chi connectivity index (χ0n) is 11.9. The van der Waals surface area contributed by atoms with E-state index < -0.39 is 16.9 Å². The monoisotopic (exact) mass is 330 g/mol. The van der Waals surface area contributed by atoms with Crippen molar-refractivity contribution in [2.24, 2.45) is 0 Å². The standard InChI is InChI=1S/C17H12ClFN2O2/c18-15-4-2-1-3-12(15)11-20-9-10-21(17(23)16(20)22)14-7-5-13(19)6-8-14/h1-10H,11H2. The molecule has 0 N–H and O–H groups in total. The maximum absolute atomic E-state index is 13.0. The van der Waals surface area contributed by atoms with Gasteiger partial charge in [0.1, 0.15) is 5.82 Å². The minimum atomic E-state index is -0.703. The molecule has 6 heteroatoms. The molecule has 4 nitrogen and oxygen atoms in total. The Kier molecular flexibility index (Phi) is 4.12. The van der Waals surface area contributed by atoms with Gasteiger partial charge in [-0.25, -0.2) is 4.39 Å². The van der Waals surface area contributed by atoms with E-state index in [9.17, 15) is 14.0 Å². The fourth-order valence-corrected chi connectivity index (χ4v) is 2.44. The molecule has 0 fully saturated rings. The van der Waals surface area contributed by atoms with Crippen LogP contribution in [0.15, 0.2) is 70.5 Å². The molecule has 3 aromatic rings. The second-order valence-corrected chi connectivity index (χ2v) is 5.38. The molecule has 0 radical (unpaired) electrons. The number of nitrogens with zero attached hydrogens (tertiary/aromatic N) is 2. The summed E-state index contributed by atoms with van der Waals surface area (Å²) in [5, 5.41) is 0.530. The summed E-state index contributed by atoms with van der Waals surface area (Å²) in [6, 6.07) is 12.5. The van der Waals surface area contributed by atoms with Crippen LogP contribution in [-0.2, 0) is 6.54 Å². The fourth-order valence-electron chi connectivity index (χ4n) is 2.25. The largest absolute Gasteiger partial charge is 0.320 e. The molecule has 0 aliphatic carbocycles. The second-order valence-electron chi connectivity index (χ2n) is 4.97. The Morgan fingerprint density at radius 3 is 2.30 bits per heavy atom. The Labute approximate surface area is 136 Å². The first kappa shape index (κ1) is 15.2. The van der Waals surface area contributed by atoms with E-state index in [-0.39, 0.29) is 6.54 Å². The third kappa shape index (κ3) is 3.10. The Balaban J connectivity index is 2.02. The first-order chi connectivity index (χ1) is 11.1. The predicted molar refractivity (Wildman–Crippen MR) is 86.8 cm³/mol. The number of aromatic nitrogens is 2. The first-order valence-corrected chi connectivity index (χ1v) is 7.25. The normalized spacial score (nSPS) is 10.7. The molecular formula is C17H12ClFN2O2. The Morgan fingerprint density at radius 1 is 0.913 bits per heavy atom. The van der Waals surface area contributed by atoms with Crippen LogP contribution < -0.4 is 11.1 Å². The molecule has 0 atom stereocenters. The molecule has 0 bridgehead atoms. The van der Waals surface area contributed by atoms with Crippen LogP contribution in [0.3, 0.4) is 0 Å². The van der Waals surface area contributed by atoms with Gasteiger partial charge in [0.05, 0.1) is 6.54 Å². The van der Waals surface area contributed by atoms with E-state index >= 15 is 0 Å². The van der Waals surface area contributed by atoms with Crippen molar-refractivity contribution in [1.29, 1.82) is 0 Å². The summed E-state index contributed by atoms with van der Waals surface area (Å²) in [7, 11) is 0. The Hall–Kier alpha value is -2.66. The van der Waals surface area contributed by atoms with Gasteiger partial charge in [-0.05, 0) is 35.9 Å². The number of benzene rings is 2. The predicted octanol–water partition coefficient (Wildman–Crippen LogP) is 2.84. The van der Waals surface area contributed by atoms with Crippen LogP contribution in [0.25, 0.3) is 5.69 Å². The maximum Gasteiger partial charge on any atom is 0.320 e. The van der Waals surface area contributed by atoms with E-state index in [1.807, 2.05) is 6.07 Å². The van der Waals surface area contributed by atoms with E-state index in [0.29, 0.717) is 10.7 Å². The molecule has 1 aromatic heterocycles. The van der Waals surface area contributed by atoms with Gasteiger partial charge in [0.2, 0.25) is 0 Å². The van der Waals surface area contributed by atoms with Gasteiger partial charge in [-0.3, -0.25) is 14.2 Å². The van der Waals surface area contributed by atoms with Crippen LogP contribution in [0.5, 0.6) is 0 Å². The van der Waals surface area contributed by atoms with Crippen LogP contribution in [0, 0.1) is 5.82 Å². The van der Waals surface area contributed by atoms with Gasteiger partial charge in [0.15, 0.2) is 0 Å². The molecule has 3 rings (SSSR count). The number of hydrogen-bond donors (Lipinski definition) is 0. The highest BCUT2D eigenvalue weighted by molar-refractivity contribution is 6.31. The van der Waals surface area contributed by atoms with E-state index in [1.54, 1.807) is 18.2 Å². The number of rotatable bonds is 3. The third-order valence-corrected chi connectivity index (χ3v) is 3.83. The molecule has 0 saturated heterocycles. The molecule has 0 spiro atoms.